The maximum absolute atomic E-state index is 12.7. The van der Waals surface area contributed by atoms with Crippen LogP contribution in [0.1, 0.15) is 37.0 Å². The van der Waals surface area contributed by atoms with E-state index in [1.165, 1.54) is 13.3 Å². The van der Waals surface area contributed by atoms with E-state index in [0.717, 1.165) is 30.9 Å². The lowest BCUT2D eigenvalue weighted by Gasteiger charge is -2.31. The minimum absolute atomic E-state index is 0.0275. The van der Waals surface area contributed by atoms with Gasteiger partial charge in [0.25, 0.3) is 5.91 Å². The fourth-order valence-electron chi connectivity index (χ4n) is 3.23. The van der Waals surface area contributed by atoms with Gasteiger partial charge in [0.2, 0.25) is 5.91 Å². The van der Waals surface area contributed by atoms with E-state index in [0.29, 0.717) is 17.2 Å². The van der Waals surface area contributed by atoms with E-state index >= 15 is 0 Å². The van der Waals surface area contributed by atoms with Crippen molar-refractivity contribution in [2.24, 2.45) is 5.92 Å². The molecule has 2 heterocycles. The summed E-state index contributed by atoms with van der Waals surface area (Å²) in [5.41, 5.74) is 2.85. The van der Waals surface area contributed by atoms with Crippen LogP contribution < -0.4 is 10.6 Å². The molecule has 6 heteroatoms. The quantitative estimate of drug-likeness (QED) is 0.881. The van der Waals surface area contributed by atoms with Gasteiger partial charge in [0.05, 0.1) is 17.4 Å². The first-order chi connectivity index (χ1) is 12.5. The summed E-state index contributed by atoms with van der Waals surface area (Å²) in [7, 11) is 0. The van der Waals surface area contributed by atoms with Crippen LogP contribution in [0.4, 0.5) is 17.1 Å². The Balaban J connectivity index is 1.73. The summed E-state index contributed by atoms with van der Waals surface area (Å²) in [6.07, 6.45) is 5.52. The number of pyridine rings is 1. The third-order valence-electron chi connectivity index (χ3n) is 4.40. The number of piperidine rings is 1. The van der Waals surface area contributed by atoms with Crippen LogP contribution in [-0.2, 0) is 4.79 Å². The number of aromatic nitrogens is 1. The molecule has 0 saturated carbocycles. The monoisotopic (exact) mass is 352 g/mol. The van der Waals surface area contributed by atoms with Gasteiger partial charge in [0.1, 0.15) is 0 Å². The van der Waals surface area contributed by atoms with E-state index in [1.807, 2.05) is 35.2 Å². The van der Waals surface area contributed by atoms with E-state index in [2.05, 4.69) is 22.5 Å². The number of amides is 2. The van der Waals surface area contributed by atoms with Gasteiger partial charge in [-0.3, -0.25) is 14.6 Å². The van der Waals surface area contributed by atoms with Crippen molar-refractivity contribution >= 4 is 28.9 Å². The van der Waals surface area contributed by atoms with Gasteiger partial charge in [-0.1, -0.05) is 13.0 Å². The molecule has 1 fully saturated rings. The van der Waals surface area contributed by atoms with Crippen molar-refractivity contribution in [3.05, 3.63) is 48.3 Å². The number of hydrogen-bond acceptors (Lipinski definition) is 4. The summed E-state index contributed by atoms with van der Waals surface area (Å²) in [4.78, 5) is 30.0. The van der Waals surface area contributed by atoms with Gasteiger partial charge in [-0.05, 0) is 43.0 Å². The average molecular weight is 352 g/mol. The smallest absolute Gasteiger partial charge is 0.255 e. The van der Waals surface area contributed by atoms with Crippen molar-refractivity contribution < 1.29 is 9.59 Å². The molecule has 1 saturated heterocycles. The Morgan fingerprint density at radius 3 is 2.73 bits per heavy atom. The number of rotatable bonds is 4. The van der Waals surface area contributed by atoms with Crippen LogP contribution in [0, 0.1) is 5.92 Å². The van der Waals surface area contributed by atoms with Gasteiger partial charge in [-0.15, -0.1) is 0 Å². The van der Waals surface area contributed by atoms with E-state index in [1.54, 1.807) is 12.4 Å². The molecular weight excluding hydrogens is 328 g/mol. The number of benzene rings is 1. The number of nitrogens with one attached hydrogen (secondary N) is 2. The van der Waals surface area contributed by atoms with Crippen LogP contribution in [0.3, 0.4) is 0 Å². The highest BCUT2D eigenvalue weighted by atomic mass is 16.2. The highest BCUT2D eigenvalue weighted by Gasteiger charge is 2.22. The Hall–Kier alpha value is -2.89. The van der Waals surface area contributed by atoms with Crippen LogP contribution in [0.2, 0.25) is 0 Å². The lowest BCUT2D eigenvalue weighted by Crippen LogP contribution is -2.39. The third kappa shape index (κ3) is 4.59. The lowest BCUT2D eigenvalue weighted by atomic mass is 10.00. The Labute approximate surface area is 153 Å². The second-order valence-electron chi connectivity index (χ2n) is 6.85. The maximum Gasteiger partial charge on any atom is 0.255 e. The first-order valence-electron chi connectivity index (χ1n) is 8.90. The molecule has 3 rings (SSSR count). The molecule has 1 aromatic carbocycles. The molecule has 1 aromatic heterocycles. The molecule has 136 valence electrons. The van der Waals surface area contributed by atoms with Crippen molar-refractivity contribution in [2.45, 2.75) is 26.7 Å². The highest BCUT2D eigenvalue weighted by Crippen LogP contribution is 2.22. The van der Waals surface area contributed by atoms with E-state index in [9.17, 15) is 9.59 Å². The van der Waals surface area contributed by atoms with Crippen molar-refractivity contribution in [1.82, 2.24) is 9.88 Å². The number of likely N-dealkylation sites (tertiary alicyclic amines) is 1. The fraction of sp³-hybridized carbons (Fsp3) is 0.350. The molecule has 2 aromatic rings. The SMILES string of the molecule is CC(=O)Nc1cccc(Nc2cncc(C(=O)N3CCCC(C)C3)c2)c1. The predicted octanol–water partition coefficient (Wildman–Crippen LogP) is 3.66. The lowest BCUT2D eigenvalue weighted by molar-refractivity contribution is -0.114. The largest absolute Gasteiger partial charge is 0.354 e. The standard InChI is InChI=1S/C20H24N4O2/c1-14-5-4-8-24(13-14)20(26)16-9-19(12-21-11-16)23-18-7-3-6-17(10-18)22-15(2)25/h3,6-7,9-12,14,23H,4-5,8,13H2,1-2H3,(H,22,25). The topological polar surface area (TPSA) is 74.3 Å². The zero-order valence-electron chi connectivity index (χ0n) is 15.2. The first kappa shape index (κ1) is 17.9. The molecule has 1 aliphatic rings. The van der Waals surface area contributed by atoms with E-state index in [4.69, 9.17) is 0 Å². The van der Waals surface area contributed by atoms with Crippen LogP contribution >= 0.6 is 0 Å². The summed E-state index contributed by atoms with van der Waals surface area (Å²) in [5, 5.41) is 5.99. The van der Waals surface area contributed by atoms with Gasteiger partial charge in [0, 0.05) is 37.6 Å². The number of anilines is 3. The number of carbonyl (C=O) groups excluding carboxylic acids is 2. The summed E-state index contributed by atoms with van der Waals surface area (Å²) < 4.78 is 0. The Morgan fingerprint density at radius 1 is 1.15 bits per heavy atom. The summed E-state index contributed by atoms with van der Waals surface area (Å²) in [5.74, 6) is 0.449. The molecule has 1 unspecified atom stereocenters. The molecule has 1 atom stereocenters. The maximum atomic E-state index is 12.7. The first-order valence-corrected chi connectivity index (χ1v) is 8.90. The molecule has 0 aliphatic carbocycles. The van der Waals surface area contributed by atoms with Gasteiger partial charge in [0.15, 0.2) is 0 Å². The molecular formula is C20H24N4O2. The van der Waals surface area contributed by atoms with Crippen LogP contribution in [-0.4, -0.2) is 34.8 Å². The Bertz CT molecular complexity index is 806. The van der Waals surface area contributed by atoms with Crippen molar-refractivity contribution in [3.8, 4) is 0 Å². The highest BCUT2D eigenvalue weighted by molar-refractivity contribution is 5.95. The summed E-state index contributed by atoms with van der Waals surface area (Å²) in [6.45, 7) is 5.26. The van der Waals surface area contributed by atoms with Gasteiger partial charge in [-0.2, -0.15) is 0 Å². The zero-order chi connectivity index (χ0) is 18.5. The summed E-state index contributed by atoms with van der Waals surface area (Å²) >= 11 is 0. The van der Waals surface area contributed by atoms with E-state index in [-0.39, 0.29) is 11.8 Å². The molecule has 0 spiro atoms. The average Bonchev–Trinajstić information content (AvgIpc) is 2.61. The minimum atomic E-state index is -0.118. The zero-order valence-corrected chi connectivity index (χ0v) is 15.2. The molecule has 2 N–H and O–H groups in total. The van der Waals surface area contributed by atoms with Crippen molar-refractivity contribution in [3.63, 3.8) is 0 Å². The third-order valence-corrected chi connectivity index (χ3v) is 4.40. The van der Waals surface area contributed by atoms with E-state index < -0.39 is 0 Å². The molecule has 1 aliphatic heterocycles. The second kappa shape index (κ2) is 7.99. The predicted molar refractivity (Wildman–Crippen MR) is 103 cm³/mol. The van der Waals surface area contributed by atoms with Gasteiger partial charge in [-0.25, -0.2) is 0 Å². The second-order valence-corrected chi connectivity index (χ2v) is 6.85. The van der Waals surface area contributed by atoms with Gasteiger partial charge < -0.3 is 15.5 Å². The van der Waals surface area contributed by atoms with Gasteiger partial charge >= 0.3 is 0 Å². The van der Waals surface area contributed by atoms with Crippen LogP contribution in [0.25, 0.3) is 0 Å². The normalized spacial score (nSPS) is 16.8. The Morgan fingerprint density at radius 2 is 1.96 bits per heavy atom. The number of carbonyl (C=O) groups is 2. The molecule has 0 bridgehead atoms. The molecule has 6 nitrogen and oxygen atoms in total. The molecule has 2 amide bonds. The molecule has 26 heavy (non-hydrogen) atoms. The fourth-order valence-corrected chi connectivity index (χ4v) is 3.23. The number of hydrogen-bond donors (Lipinski definition) is 2. The number of nitrogens with zero attached hydrogens (tertiary/aromatic N) is 2. The minimum Gasteiger partial charge on any atom is -0.354 e. The van der Waals surface area contributed by atoms with Crippen LogP contribution in [0.15, 0.2) is 42.7 Å². The summed E-state index contributed by atoms with van der Waals surface area (Å²) in [6, 6.07) is 9.22. The van der Waals surface area contributed by atoms with Crippen LogP contribution in [0.5, 0.6) is 0 Å². The molecule has 0 radical (unpaired) electrons. The van der Waals surface area contributed by atoms with Crippen molar-refractivity contribution in [2.75, 3.05) is 23.7 Å². The van der Waals surface area contributed by atoms with Crippen molar-refractivity contribution in [1.29, 1.82) is 0 Å². The Kier molecular flexibility index (Phi) is 5.51.